The van der Waals surface area contributed by atoms with Crippen molar-refractivity contribution < 1.29 is 27.2 Å². The second kappa shape index (κ2) is 8.64. The summed E-state index contributed by atoms with van der Waals surface area (Å²) in [5.41, 5.74) is 2.55. The van der Waals surface area contributed by atoms with Gasteiger partial charge in [0.2, 0.25) is 5.91 Å². The van der Waals surface area contributed by atoms with E-state index in [1.165, 1.54) is 43.5 Å². The number of hydrogen-bond donors (Lipinski definition) is 2. The van der Waals surface area contributed by atoms with Crippen LogP contribution in [0.5, 0.6) is 0 Å². The average molecular weight is 415 g/mol. The zero-order chi connectivity index (χ0) is 21.7. The van der Waals surface area contributed by atoms with Crippen molar-refractivity contribution >= 4 is 23.7 Å². The first-order valence-electron chi connectivity index (χ1n) is 8.71. The van der Waals surface area contributed by atoms with Crippen molar-refractivity contribution in [2.45, 2.75) is 13.1 Å². The van der Waals surface area contributed by atoms with Crippen LogP contribution in [0.2, 0.25) is 0 Å². The first kappa shape index (κ1) is 20.8. The van der Waals surface area contributed by atoms with Gasteiger partial charge in [0.1, 0.15) is 11.5 Å². The maximum atomic E-state index is 12.8. The van der Waals surface area contributed by atoms with Crippen molar-refractivity contribution in [1.82, 2.24) is 5.43 Å². The van der Waals surface area contributed by atoms with Crippen LogP contribution in [0.1, 0.15) is 28.6 Å². The third-order valence-corrected chi connectivity index (χ3v) is 3.90. The highest BCUT2D eigenvalue weighted by atomic mass is 19.4. The number of furan rings is 1. The summed E-state index contributed by atoms with van der Waals surface area (Å²) in [6, 6.07) is 14.1. The van der Waals surface area contributed by atoms with Crippen LogP contribution in [-0.4, -0.2) is 18.0 Å². The van der Waals surface area contributed by atoms with Crippen LogP contribution in [-0.2, 0) is 11.0 Å². The highest BCUT2D eigenvalue weighted by molar-refractivity contribution is 5.97. The van der Waals surface area contributed by atoms with Crippen molar-refractivity contribution in [2.24, 2.45) is 5.10 Å². The summed E-state index contributed by atoms with van der Waals surface area (Å²) in [6.07, 6.45) is -3.22. The minimum atomic E-state index is -4.45. The fraction of sp³-hybridized carbons (Fsp3) is 0.0952. The maximum Gasteiger partial charge on any atom is 0.416 e. The number of alkyl halides is 3. The number of amides is 2. The van der Waals surface area contributed by atoms with Gasteiger partial charge >= 0.3 is 6.18 Å². The Morgan fingerprint density at radius 1 is 1.03 bits per heavy atom. The lowest BCUT2D eigenvalue weighted by Crippen LogP contribution is -2.18. The molecule has 0 saturated carbocycles. The summed E-state index contributed by atoms with van der Waals surface area (Å²) in [5, 5.41) is 6.36. The maximum absolute atomic E-state index is 12.8. The Kier molecular flexibility index (Phi) is 6.01. The Balaban J connectivity index is 1.66. The predicted octanol–water partition coefficient (Wildman–Crippen LogP) is 4.69. The Morgan fingerprint density at radius 2 is 1.80 bits per heavy atom. The average Bonchev–Trinajstić information content (AvgIpc) is 3.16. The number of hydrogen-bond acceptors (Lipinski definition) is 4. The summed E-state index contributed by atoms with van der Waals surface area (Å²) < 4.78 is 44.0. The van der Waals surface area contributed by atoms with Crippen molar-refractivity contribution in [2.75, 3.05) is 5.32 Å². The highest BCUT2D eigenvalue weighted by Crippen LogP contribution is 2.32. The van der Waals surface area contributed by atoms with Gasteiger partial charge in [-0.1, -0.05) is 18.2 Å². The van der Waals surface area contributed by atoms with E-state index < -0.39 is 17.6 Å². The second-order valence-corrected chi connectivity index (χ2v) is 6.24. The molecule has 2 aromatic carbocycles. The molecular weight excluding hydrogens is 399 g/mol. The van der Waals surface area contributed by atoms with Crippen LogP contribution in [0.15, 0.2) is 70.2 Å². The van der Waals surface area contributed by atoms with Crippen LogP contribution < -0.4 is 10.7 Å². The van der Waals surface area contributed by atoms with Gasteiger partial charge in [-0.3, -0.25) is 9.59 Å². The van der Waals surface area contributed by atoms with E-state index in [1.807, 2.05) is 0 Å². The lowest BCUT2D eigenvalue weighted by Gasteiger charge is -2.07. The number of anilines is 1. The molecule has 154 valence electrons. The Labute approximate surface area is 169 Å². The van der Waals surface area contributed by atoms with Crippen molar-refractivity contribution in [3.8, 4) is 11.3 Å². The number of carbonyl (C=O) groups excluding carboxylic acids is 2. The van der Waals surface area contributed by atoms with E-state index in [0.717, 1.165) is 12.1 Å². The quantitative estimate of drug-likeness (QED) is 0.469. The molecule has 0 atom stereocenters. The van der Waals surface area contributed by atoms with Gasteiger partial charge in [0, 0.05) is 23.7 Å². The standard InChI is InChI=1S/C21H16F3N3O3/c1-13(28)26-17-7-3-5-15(11-17)20(29)27-25-12-18-8-9-19(30-18)14-4-2-6-16(10-14)21(22,23)24/h2-12H,1H3,(H,26,28)(H,27,29)/b25-12-. The number of rotatable bonds is 5. The van der Waals surface area contributed by atoms with E-state index in [9.17, 15) is 22.8 Å². The minimum absolute atomic E-state index is 0.233. The van der Waals surface area contributed by atoms with E-state index in [-0.39, 0.29) is 28.6 Å². The van der Waals surface area contributed by atoms with Gasteiger partial charge in [0.25, 0.3) is 5.91 Å². The summed E-state index contributed by atoms with van der Waals surface area (Å²) in [4.78, 5) is 23.3. The molecule has 1 heterocycles. The molecule has 2 N–H and O–H groups in total. The number of hydrazone groups is 1. The zero-order valence-electron chi connectivity index (χ0n) is 15.7. The van der Waals surface area contributed by atoms with Crippen LogP contribution in [0, 0.1) is 0 Å². The number of nitrogens with zero attached hydrogens (tertiary/aromatic N) is 1. The second-order valence-electron chi connectivity index (χ2n) is 6.24. The van der Waals surface area contributed by atoms with Crippen molar-refractivity contribution in [1.29, 1.82) is 0 Å². The molecule has 1 aromatic heterocycles. The summed E-state index contributed by atoms with van der Waals surface area (Å²) in [5.74, 6) is -0.297. The van der Waals surface area contributed by atoms with Crippen LogP contribution in [0.25, 0.3) is 11.3 Å². The predicted molar refractivity (Wildman–Crippen MR) is 105 cm³/mol. The SMILES string of the molecule is CC(=O)Nc1cccc(C(=O)N/N=C\c2ccc(-c3cccc(C(F)(F)F)c3)o2)c1. The van der Waals surface area contributed by atoms with E-state index in [2.05, 4.69) is 15.8 Å². The third kappa shape index (κ3) is 5.34. The van der Waals surface area contributed by atoms with Crippen molar-refractivity contribution in [3.63, 3.8) is 0 Å². The molecule has 2 amide bonds. The molecule has 0 spiro atoms. The Morgan fingerprint density at radius 3 is 2.53 bits per heavy atom. The van der Waals surface area contributed by atoms with Gasteiger partial charge < -0.3 is 9.73 Å². The smallest absolute Gasteiger partial charge is 0.416 e. The van der Waals surface area contributed by atoms with Gasteiger partial charge in [0.05, 0.1) is 11.8 Å². The van der Waals surface area contributed by atoms with E-state index in [4.69, 9.17) is 4.42 Å². The molecule has 0 bridgehead atoms. The van der Waals surface area contributed by atoms with Crippen LogP contribution in [0.4, 0.5) is 18.9 Å². The van der Waals surface area contributed by atoms with Crippen LogP contribution >= 0.6 is 0 Å². The van der Waals surface area contributed by atoms with Gasteiger partial charge in [-0.2, -0.15) is 18.3 Å². The summed E-state index contributed by atoms with van der Waals surface area (Å²) >= 11 is 0. The topological polar surface area (TPSA) is 83.7 Å². The molecule has 0 radical (unpaired) electrons. The molecule has 0 unspecified atom stereocenters. The number of benzene rings is 2. The van der Waals surface area contributed by atoms with E-state index >= 15 is 0 Å². The Bertz CT molecular complexity index is 1100. The van der Waals surface area contributed by atoms with Gasteiger partial charge in [-0.15, -0.1) is 0 Å². The van der Waals surface area contributed by atoms with Gasteiger partial charge in [-0.25, -0.2) is 5.43 Å². The molecule has 0 fully saturated rings. The number of carbonyl (C=O) groups is 2. The largest absolute Gasteiger partial charge is 0.455 e. The molecule has 0 aliphatic rings. The third-order valence-electron chi connectivity index (χ3n) is 3.90. The molecule has 30 heavy (non-hydrogen) atoms. The first-order valence-corrected chi connectivity index (χ1v) is 8.71. The molecule has 0 saturated heterocycles. The highest BCUT2D eigenvalue weighted by Gasteiger charge is 2.30. The number of halogens is 3. The summed E-state index contributed by atoms with van der Waals surface area (Å²) in [7, 11) is 0. The Hall–Kier alpha value is -3.88. The zero-order valence-corrected chi connectivity index (χ0v) is 15.7. The molecule has 3 aromatic rings. The fourth-order valence-electron chi connectivity index (χ4n) is 2.59. The van der Waals surface area contributed by atoms with Crippen molar-refractivity contribution in [3.05, 3.63) is 77.6 Å². The first-order chi connectivity index (χ1) is 14.2. The molecular formula is C21H16F3N3O3. The molecule has 0 aliphatic heterocycles. The summed E-state index contributed by atoms with van der Waals surface area (Å²) in [6.45, 7) is 1.36. The monoisotopic (exact) mass is 415 g/mol. The van der Waals surface area contributed by atoms with Crippen LogP contribution in [0.3, 0.4) is 0 Å². The van der Waals surface area contributed by atoms with E-state index in [1.54, 1.807) is 18.2 Å². The minimum Gasteiger partial charge on any atom is -0.455 e. The van der Waals surface area contributed by atoms with E-state index in [0.29, 0.717) is 5.69 Å². The number of nitrogens with one attached hydrogen (secondary N) is 2. The molecule has 6 nitrogen and oxygen atoms in total. The molecule has 9 heteroatoms. The fourth-order valence-corrected chi connectivity index (χ4v) is 2.59. The van der Waals surface area contributed by atoms with Gasteiger partial charge in [0.15, 0.2) is 0 Å². The lowest BCUT2D eigenvalue weighted by molar-refractivity contribution is -0.137. The normalized spacial score (nSPS) is 11.5. The van der Waals surface area contributed by atoms with Gasteiger partial charge in [-0.05, 0) is 42.5 Å². The molecule has 0 aliphatic carbocycles. The molecule has 3 rings (SSSR count). The lowest BCUT2D eigenvalue weighted by atomic mass is 10.1.